The lowest BCUT2D eigenvalue weighted by Crippen LogP contribution is -2.57. The summed E-state index contributed by atoms with van der Waals surface area (Å²) in [6.07, 6.45) is 2.36. The molecular weight excluding hydrogens is 372 g/mol. The summed E-state index contributed by atoms with van der Waals surface area (Å²) in [7, 11) is 0. The number of hydrogen-bond acceptors (Lipinski definition) is 5. The van der Waals surface area contributed by atoms with E-state index in [-0.39, 0.29) is 49.1 Å². The fourth-order valence-electron chi connectivity index (χ4n) is 4.32. The van der Waals surface area contributed by atoms with Crippen LogP contribution in [0.15, 0.2) is 24.3 Å². The molecule has 3 heterocycles. The molecule has 1 unspecified atom stereocenters. The molecule has 1 N–H and O–H groups in total. The van der Waals surface area contributed by atoms with E-state index in [9.17, 15) is 19.2 Å². The number of piperazine rings is 1. The third kappa shape index (κ3) is 4.17. The van der Waals surface area contributed by atoms with Crippen molar-refractivity contribution in [3.63, 3.8) is 0 Å². The van der Waals surface area contributed by atoms with Gasteiger partial charge in [0.15, 0.2) is 0 Å². The van der Waals surface area contributed by atoms with Gasteiger partial charge in [0.1, 0.15) is 0 Å². The van der Waals surface area contributed by atoms with Gasteiger partial charge in [-0.1, -0.05) is 12.1 Å². The lowest BCUT2D eigenvalue weighted by atomic mass is 10.0. The normalized spacial score (nSPS) is 23.1. The van der Waals surface area contributed by atoms with Crippen LogP contribution >= 0.6 is 0 Å². The molecule has 3 saturated heterocycles. The van der Waals surface area contributed by atoms with E-state index < -0.39 is 0 Å². The molecule has 0 radical (unpaired) electrons. The van der Waals surface area contributed by atoms with Gasteiger partial charge >= 0.3 is 0 Å². The van der Waals surface area contributed by atoms with E-state index in [4.69, 9.17) is 0 Å². The predicted octanol–water partition coefficient (Wildman–Crippen LogP) is 0.372. The van der Waals surface area contributed by atoms with Crippen molar-refractivity contribution in [3.05, 3.63) is 35.4 Å². The van der Waals surface area contributed by atoms with Crippen molar-refractivity contribution in [1.29, 1.82) is 0 Å². The number of piperidine rings is 1. The molecule has 8 heteroatoms. The Hall–Kier alpha value is -2.74. The summed E-state index contributed by atoms with van der Waals surface area (Å²) in [6, 6.07) is 7.18. The van der Waals surface area contributed by atoms with Crippen molar-refractivity contribution >= 4 is 23.6 Å². The van der Waals surface area contributed by atoms with Gasteiger partial charge in [-0.3, -0.25) is 24.1 Å². The average molecular weight is 398 g/mol. The number of benzene rings is 1. The topological polar surface area (TPSA) is 90.0 Å². The maximum atomic E-state index is 13.0. The Morgan fingerprint density at radius 3 is 2.41 bits per heavy atom. The van der Waals surface area contributed by atoms with Crippen LogP contribution in [0.3, 0.4) is 0 Å². The summed E-state index contributed by atoms with van der Waals surface area (Å²) in [6.45, 7) is 3.35. The van der Waals surface area contributed by atoms with Gasteiger partial charge in [0.2, 0.25) is 17.7 Å². The van der Waals surface area contributed by atoms with Crippen LogP contribution in [-0.2, 0) is 20.9 Å². The average Bonchev–Trinajstić information content (AvgIpc) is 3.06. The first-order chi connectivity index (χ1) is 14.0. The van der Waals surface area contributed by atoms with Gasteiger partial charge in [-0.25, -0.2) is 0 Å². The van der Waals surface area contributed by atoms with Crippen molar-refractivity contribution in [2.24, 2.45) is 0 Å². The molecule has 3 fully saturated rings. The van der Waals surface area contributed by atoms with Crippen molar-refractivity contribution < 1.29 is 19.2 Å². The van der Waals surface area contributed by atoms with Crippen molar-refractivity contribution in [2.75, 3.05) is 32.7 Å². The van der Waals surface area contributed by atoms with Gasteiger partial charge < -0.3 is 15.1 Å². The van der Waals surface area contributed by atoms with Crippen molar-refractivity contribution in [3.8, 4) is 0 Å². The minimum atomic E-state index is -0.142. The highest BCUT2D eigenvalue weighted by molar-refractivity contribution is 6.01. The monoisotopic (exact) mass is 398 g/mol. The molecule has 8 nitrogen and oxygen atoms in total. The molecule has 1 aromatic carbocycles. The first-order valence-corrected chi connectivity index (χ1v) is 10.2. The van der Waals surface area contributed by atoms with E-state index in [1.807, 2.05) is 9.80 Å². The van der Waals surface area contributed by atoms with Crippen LogP contribution in [0.1, 0.15) is 41.6 Å². The lowest BCUT2D eigenvalue weighted by molar-refractivity contribution is -0.139. The second-order valence-corrected chi connectivity index (χ2v) is 7.88. The Morgan fingerprint density at radius 1 is 1.00 bits per heavy atom. The molecule has 3 aliphatic heterocycles. The Balaban J connectivity index is 1.39. The van der Waals surface area contributed by atoms with Crippen molar-refractivity contribution in [1.82, 2.24) is 20.0 Å². The van der Waals surface area contributed by atoms with E-state index in [0.29, 0.717) is 31.7 Å². The van der Waals surface area contributed by atoms with Crippen LogP contribution in [0.25, 0.3) is 0 Å². The van der Waals surface area contributed by atoms with Gasteiger partial charge in [0.25, 0.3) is 5.91 Å². The molecule has 0 bridgehead atoms. The molecular formula is C21H26N4O4. The van der Waals surface area contributed by atoms with Crippen LogP contribution in [0.2, 0.25) is 0 Å². The summed E-state index contributed by atoms with van der Waals surface area (Å²) in [5, 5.41) is 3.08. The Bertz CT molecular complexity index is 806. The van der Waals surface area contributed by atoms with Gasteiger partial charge in [0.05, 0.1) is 13.1 Å². The summed E-state index contributed by atoms with van der Waals surface area (Å²) in [5.74, 6) is -0.225. The maximum Gasteiger partial charge on any atom is 0.253 e. The smallest absolute Gasteiger partial charge is 0.253 e. The first-order valence-electron chi connectivity index (χ1n) is 10.2. The minimum Gasteiger partial charge on any atom is -0.337 e. The number of nitrogens with zero attached hydrogens (tertiary/aromatic N) is 3. The van der Waals surface area contributed by atoms with Crippen LogP contribution < -0.4 is 5.32 Å². The highest BCUT2D eigenvalue weighted by Gasteiger charge is 2.32. The van der Waals surface area contributed by atoms with Gasteiger partial charge in [-0.05, 0) is 30.5 Å². The molecule has 0 aliphatic carbocycles. The molecule has 4 amide bonds. The number of amides is 4. The van der Waals surface area contributed by atoms with Gasteiger partial charge in [-0.2, -0.15) is 0 Å². The summed E-state index contributed by atoms with van der Waals surface area (Å²) in [5.41, 5.74) is 1.41. The van der Waals surface area contributed by atoms with E-state index in [0.717, 1.165) is 24.9 Å². The molecule has 0 spiro atoms. The van der Waals surface area contributed by atoms with Crippen LogP contribution in [-0.4, -0.2) is 77.1 Å². The quantitative estimate of drug-likeness (QED) is 0.741. The van der Waals surface area contributed by atoms with Gasteiger partial charge in [-0.15, -0.1) is 0 Å². The summed E-state index contributed by atoms with van der Waals surface area (Å²) in [4.78, 5) is 53.7. The molecule has 4 rings (SSSR count). The van der Waals surface area contributed by atoms with E-state index in [1.165, 1.54) is 4.90 Å². The van der Waals surface area contributed by atoms with E-state index in [1.54, 1.807) is 24.3 Å². The maximum absolute atomic E-state index is 13.0. The lowest BCUT2D eigenvalue weighted by Gasteiger charge is -2.41. The minimum absolute atomic E-state index is 0.0443. The molecule has 154 valence electrons. The number of nitrogens with one attached hydrogen (secondary N) is 1. The van der Waals surface area contributed by atoms with Crippen molar-refractivity contribution in [2.45, 2.75) is 38.3 Å². The molecule has 29 heavy (non-hydrogen) atoms. The number of carbonyl (C=O) groups is 4. The number of imide groups is 1. The van der Waals surface area contributed by atoms with Crippen LogP contribution in [0.4, 0.5) is 0 Å². The third-order valence-corrected chi connectivity index (χ3v) is 5.95. The fourth-order valence-corrected chi connectivity index (χ4v) is 4.32. The molecule has 0 saturated carbocycles. The first kappa shape index (κ1) is 19.6. The second kappa shape index (κ2) is 8.32. The zero-order chi connectivity index (χ0) is 20.4. The number of carbonyl (C=O) groups excluding carboxylic acids is 4. The number of likely N-dealkylation sites (tertiary alicyclic amines) is 2. The second-order valence-electron chi connectivity index (χ2n) is 7.88. The highest BCUT2D eigenvalue weighted by atomic mass is 16.2. The third-order valence-electron chi connectivity index (χ3n) is 5.95. The Kier molecular flexibility index (Phi) is 5.62. The number of hydrogen-bond donors (Lipinski definition) is 1. The standard InChI is InChI=1S/C21H26N4O4/c26-18-7-8-19(27)25(18)13-15-3-5-16(6-4-15)21(29)23-10-1-2-17(14-23)24-11-9-22-12-20(24)28/h3-6,17,22H,1-2,7-14H2. The predicted molar refractivity (Wildman–Crippen MR) is 105 cm³/mol. The summed E-state index contributed by atoms with van der Waals surface area (Å²) < 4.78 is 0. The Morgan fingerprint density at radius 2 is 1.72 bits per heavy atom. The summed E-state index contributed by atoms with van der Waals surface area (Å²) >= 11 is 0. The SMILES string of the molecule is O=C(c1ccc(CN2C(=O)CCC2=O)cc1)N1CCCC(N2CCNCC2=O)C1. The molecule has 1 atom stereocenters. The Labute approximate surface area is 169 Å². The zero-order valence-electron chi connectivity index (χ0n) is 16.4. The fraction of sp³-hybridized carbons (Fsp3) is 0.524. The zero-order valence-corrected chi connectivity index (χ0v) is 16.4. The molecule has 0 aromatic heterocycles. The molecule has 1 aromatic rings. The van der Waals surface area contributed by atoms with Crippen LogP contribution in [0.5, 0.6) is 0 Å². The largest absolute Gasteiger partial charge is 0.337 e. The van der Waals surface area contributed by atoms with Crippen LogP contribution in [0, 0.1) is 0 Å². The highest BCUT2D eigenvalue weighted by Crippen LogP contribution is 2.20. The van der Waals surface area contributed by atoms with Gasteiger partial charge in [0, 0.05) is 50.6 Å². The van der Waals surface area contributed by atoms with E-state index >= 15 is 0 Å². The number of rotatable bonds is 4. The van der Waals surface area contributed by atoms with E-state index in [2.05, 4.69) is 5.32 Å². The molecule has 3 aliphatic rings.